The molecule has 1 aromatic heterocycles. The zero-order valence-electron chi connectivity index (χ0n) is 7.90. The molecule has 0 aliphatic carbocycles. The topological polar surface area (TPSA) is 74.3 Å². The molecule has 0 aliphatic heterocycles. The van der Waals surface area contributed by atoms with Crippen LogP contribution in [0.3, 0.4) is 0 Å². The second-order valence-corrected chi connectivity index (χ2v) is 2.78. The molecule has 5 heteroatoms. The van der Waals surface area contributed by atoms with Crippen molar-refractivity contribution < 1.29 is 9.53 Å². The number of nitrogens with zero attached hydrogens (tertiary/aromatic N) is 1. The zero-order valence-corrected chi connectivity index (χ0v) is 7.90. The van der Waals surface area contributed by atoms with Crippen LogP contribution in [0.4, 0.5) is 0 Å². The van der Waals surface area contributed by atoms with Gasteiger partial charge >= 0.3 is 5.97 Å². The Hall–Kier alpha value is -1.62. The molecule has 76 valence electrons. The van der Waals surface area contributed by atoms with Gasteiger partial charge in [0.15, 0.2) is 0 Å². The van der Waals surface area contributed by atoms with E-state index in [-0.39, 0.29) is 12.1 Å². The van der Waals surface area contributed by atoms with E-state index in [0.29, 0.717) is 6.54 Å². The highest BCUT2D eigenvalue weighted by Crippen LogP contribution is 1.92. The molecule has 0 saturated carbocycles. The van der Waals surface area contributed by atoms with Crippen molar-refractivity contribution in [3.63, 3.8) is 0 Å². The lowest BCUT2D eigenvalue weighted by Gasteiger charge is -2.04. The van der Waals surface area contributed by atoms with E-state index in [1.54, 1.807) is 6.07 Å². The Morgan fingerprint density at radius 2 is 2.36 bits per heavy atom. The molecule has 0 amide bonds. The van der Waals surface area contributed by atoms with Gasteiger partial charge in [-0.3, -0.25) is 9.59 Å². The van der Waals surface area contributed by atoms with E-state index in [1.807, 2.05) is 0 Å². The van der Waals surface area contributed by atoms with Crippen LogP contribution < -0.4 is 11.3 Å². The summed E-state index contributed by atoms with van der Waals surface area (Å²) in [6, 6.07) is 3.10. The van der Waals surface area contributed by atoms with Gasteiger partial charge in [0.25, 0.3) is 5.56 Å². The molecule has 0 spiro atoms. The largest absolute Gasteiger partial charge is 0.468 e. The first-order valence-corrected chi connectivity index (χ1v) is 4.13. The molecule has 0 atom stereocenters. The van der Waals surface area contributed by atoms with E-state index >= 15 is 0 Å². The molecule has 1 heterocycles. The molecule has 0 aliphatic rings. The summed E-state index contributed by atoms with van der Waals surface area (Å²) in [6.07, 6.45) is 1.53. The van der Waals surface area contributed by atoms with Gasteiger partial charge in [0.05, 0.1) is 7.11 Å². The fourth-order valence-corrected chi connectivity index (χ4v) is 1.01. The quantitative estimate of drug-likeness (QED) is 0.660. The van der Waals surface area contributed by atoms with E-state index in [9.17, 15) is 9.59 Å². The number of hydrogen-bond acceptors (Lipinski definition) is 4. The monoisotopic (exact) mass is 196 g/mol. The zero-order chi connectivity index (χ0) is 10.6. The highest BCUT2D eigenvalue weighted by atomic mass is 16.5. The summed E-state index contributed by atoms with van der Waals surface area (Å²) in [6.45, 7) is 0.245. The van der Waals surface area contributed by atoms with Gasteiger partial charge in [-0.1, -0.05) is 0 Å². The number of esters is 1. The molecule has 0 bridgehead atoms. The lowest BCUT2D eigenvalue weighted by molar-refractivity contribution is -0.141. The standard InChI is InChI=1S/C9H12N2O3/c1-14-9(13)6-11-3-2-7(5-10)4-8(11)12/h2-4H,5-6,10H2,1H3. The van der Waals surface area contributed by atoms with Gasteiger partial charge in [-0.25, -0.2) is 0 Å². The van der Waals surface area contributed by atoms with Crippen LogP contribution in [0.15, 0.2) is 23.1 Å². The molecule has 14 heavy (non-hydrogen) atoms. The molecule has 1 rings (SSSR count). The van der Waals surface area contributed by atoms with E-state index < -0.39 is 5.97 Å². The van der Waals surface area contributed by atoms with E-state index in [0.717, 1.165) is 5.56 Å². The molecule has 0 saturated heterocycles. The third kappa shape index (κ3) is 2.43. The SMILES string of the molecule is COC(=O)Cn1ccc(CN)cc1=O. The summed E-state index contributed by atoms with van der Waals surface area (Å²) in [7, 11) is 1.28. The average Bonchev–Trinajstić information content (AvgIpc) is 2.20. The van der Waals surface area contributed by atoms with Gasteiger partial charge in [-0.05, 0) is 11.6 Å². The first-order valence-electron chi connectivity index (χ1n) is 4.13. The number of carbonyl (C=O) groups is 1. The van der Waals surface area contributed by atoms with Crippen LogP contribution in [-0.4, -0.2) is 17.6 Å². The predicted molar refractivity (Wildman–Crippen MR) is 50.6 cm³/mol. The Bertz CT molecular complexity index is 384. The third-order valence-electron chi connectivity index (χ3n) is 1.82. The summed E-state index contributed by atoms with van der Waals surface area (Å²) >= 11 is 0. The van der Waals surface area contributed by atoms with Crippen molar-refractivity contribution in [1.82, 2.24) is 4.57 Å². The minimum Gasteiger partial charge on any atom is -0.468 e. The van der Waals surface area contributed by atoms with Crippen molar-refractivity contribution in [2.45, 2.75) is 13.1 Å². The first-order chi connectivity index (χ1) is 6.67. The van der Waals surface area contributed by atoms with Crippen LogP contribution in [0.25, 0.3) is 0 Å². The number of rotatable bonds is 3. The van der Waals surface area contributed by atoms with Gasteiger partial charge < -0.3 is 15.0 Å². The van der Waals surface area contributed by atoms with Gasteiger partial charge in [-0.15, -0.1) is 0 Å². The van der Waals surface area contributed by atoms with Gasteiger partial charge in [-0.2, -0.15) is 0 Å². The fourth-order valence-electron chi connectivity index (χ4n) is 1.01. The van der Waals surface area contributed by atoms with E-state index in [2.05, 4.69) is 4.74 Å². The molecule has 2 N–H and O–H groups in total. The number of nitrogens with two attached hydrogens (primary N) is 1. The normalized spacial score (nSPS) is 9.86. The summed E-state index contributed by atoms with van der Waals surface area (Å²) < 4.78 is 5.71. The first kappa shape index (κ1) is 10.5. The molecule has 0 fully saturated rings. The number of aromatic nitrogens is 1. The van der Waals surface area contributed by atoms with Gasteiger partial charge in [0, 0.05) is 18.8 Å². The second-order valence-electron chi connectivity index (χ2n) is 2.78. The molecule has 1 aromatic rings. The lowest BCUT2D eigenvalue weighted by Crippen LogP contribution is -2.24. The van der Waals surface area contributed by atoms with E-state index in [1.165, 1.54) is 23.9 Å². The minimum atomic E-state index is -0.451. The maximum Gasteiger partial charge on any atom is 0.325 e. The van der Waals surface area contributed by atoms with Crippen molar-refractivity contribution in [1.29, 1.82) is 0 Å². The smallest absolute Gasteiger partial charge is 0.325 e. The number of carbonyl (C=O) groups excluding carboxylic acids is 1. The fraction of sp³-hybridized carbons (Fsp3) is 0.333. The summed E-state index contributed by atoms with van der Waals surface area (Å²) in [4.78, 5) is 22.2. The average molecular weight is 196 g/mol. The third-order valence-corrected chi connectivity index (χ3v) is 1.82. The van der Waals surface area contributed by atoms with Crippen LogP contribution in [0, 0.1) is 0 Å². The van der Waals surface area contributed by atoms with Crippen molar-refractivity contribution in [2.24, 2.45) is 5.73 Å². The minimum absolute atomic E-state index is 0.0693. The Labute approximate surface area is 81.1 Å². The number of methoxy groups -OCH3 is 1. The van der Waals surface area contributed by atoms with Crippen LogP contribution in [0.1, 0.15) is 5.56 Å². The Balaban J connectivity index is 2.89. The highest BCUT2D eigenvalue weighted by molar-refractivity contribution is 5.68. The highest BCUT2D eigenvalue weighted by Gasteiger charge is 2.03. The summed E-state index contributed by atoms with van der Waals surface area (Å²) in [5.74, 6) is -0.451. The molecular weight excluding hydrogens is 184 g/mol. The van der Waals surface area contributed by atoms with Crippen LogP contribution >= 0.6 is 0 Å². The van der Waals surface area contributed by atoms with Gasteiger partial charge in [0.2, 0.25) is 0 Å². The number of hydrogen-bond donors (Lipinski definition) is 1. The maximum atomic E-state index is 11.3. The molecule has 0 aromatic carbocycles. The molecular formula is C9H12N2O3. The molecule has 0 unspecified atom stereocenters. The molecule has 5 nitrogen and oxygen atoms in total. The predicted octanol–water partition coefficient (Wildman–Crippen LogP) is -0.520. The van der Waals surface area contributed by atoms with E-state index in [4.69, 9.17) is 5.73 Å². The number of ether oxygens (including phenoxy) is 1. The Morgan fingerprint density at radius 3 is 2.86 bits per heavy atom. The Morgan fingerprint density at radius 1 is 1.64 bits per heavy atom. The van der Waals surface area contributed by atoms with Crippen LogP contribution in [-0.2, 0) is 22.6 Å². The van der Waals surface area contributed by atoms with Crippen molar-refractivity contribution in [3.05, 3.63) is 34.2 Å². The summed E-state index contributed by atoms with van der Waals surface area (Å²) in [5.41, 5.74) is 5.85. The Kier molecular flexibility index (Phi) is 3.41. The number of pyridine rings is 1. The van der Waals surface area contributed by atoms with Crippen LogP contribution in [0.5, 0.6) is 0 Å². The van der Waals surface area contributed by atoms with Crippen molar-refractivity contribution in [3.8, 4) is 0 Å². The second kappa shape index (κ2) is 4.57. The maximum absolute atomic E-state index is 11.3. The lowest BCUT2D eigenvalue weighted by atomic mass is 10.3. The summed E-state index contributed by atoms with van der Waals surface area (Å²) in [5, 5.41) is 0. The van der Waals surface area contributed by atoms with Crippen LogP contribution in [0.2, 0.25) is 0 Å². The van der Waals surface area contributed by atoms with Crippen molar-refractivity contribution in [2.75, 3.05) is 7.11 Å². The molecule has 0 radical (unpaired) electrons. The van der Waals surface area contributed by atoms with Crippen molar-refractivity contribution >= 4 is 5.97 Å². The van der Waals surface area contributed by atoms with Gasteiger partial charge in [0.1, 0.15) is 6.54 Å².